The largest absolute Gasteiger partial charge is 0.492 e. The van der Waals surface area contributed by atoms with Crippen molar-refractivity contribution in [3.63, 3.8) is 0 Å². The lowest BCUT2D eigenvalue weighted by atomic mass is 10.2. The van der Waals surface area contributed by atoms with Gasteiger partial charge in [-0.25, -0.2) is 0 Å². The zero-order valence-corrected chi connectivity index (χ0v) is 13.2. The Kier molecular flexibility index (Phi) is 5.67. The predicted molar refractivity (Wildman–Crippen MR) is 87.1 cm³/mol. The van der Waals surface area contributed by atoms with E-state index in [2.05, 4.69) is 28.0 Å². The molecule has 1 atom stereocenters. The third-order valence-corrected chi connectivity index (χ3v) is 4.39. The molecule has 0 amide bonds. The van der Waals surface area contributed by atoms with Gasteiger partial charge in [-0.1, -0.05) is 12.1 Å². The van der Waals surface area contributed by atoms with Gasteiger partial charge >= 0.3 is 0 Å². The van der Waals surface area contributed by atoms with E-state index in [9.17, 15) is 0 Å². The fraction of sp³-hybridized carbons (Fsp3) is 0.647. The molecule has 3 rings (SSSR count). The van der Waals surface area contributed by atoms with Crippen LogP contribution in [-0.2, 0) is 11.3 Å². The lowest BCUT2D eigenvalue weighted by Crippen LogP contribution is -2.38. The van der Waals surface area contributed by atoms with Crippen LogP contribution in [-0.4, -0.2) is 68.4 Å². The second-order valence-electron chi connectivity index (χ2n) is 6.23. The van der Waals surface area contributed by atoms with Gasteiger partial charge in [0.15, 0.2) is 0 Å². The van der Waals surface area contributed by atoms with Crippen molar-refractivity contribution in [1.29, 1.82) is 0 Å². The van der Waals surface area contributed by atoms with Crippen LogP contribution in [0.5, 0.6) is 5.75 Å². The number of nitrogens with zero attached hydrogens (tertiary/aromatic N) is 2. The zero-order valence-electron chi connectivity index (χ0n) is 13.2. The molecule has 2 aliphatic rings. The minimum Gasteiger partial charge on any atom is -0.492 e. The normalized spacial score (nSPS) is 23.8. The van der Waals surface area contributed by atoms with E-state index in [1.807, 2.05) is 6.07 Å². The molecule has 122 valence electrons. The number of likely N-dealkylation sites (tertiary alicyclic amines) is 1. The van der Waals surface area contributed by atoms with Crippen molar-refractivity contribution in [2.75, 3.05) is 52.5 Å². The van der Waals surface area contributed by atoms with E-state index >= 15 is 0 Å². The Morgan fingerprint density at radius 1 is 1.18 bits per heavy atom. The minimum atomic E-state index is 0.341. The minimum absolute atomic E-state index is 0.341. The second kappa shape index (κ2) is 7.92. The van der Waals surface area contributed by atoms with E-state index in [0.717, 1.165) is 71.3 Å². The first kappa shape index (κ1) is 15.7. The number of ether oxygens (including phenoxy) is 2. The Hall–Kier alpha value is -1.14. The fourth-order valence-corrected chi connectivity index (χ4v) is 3.12. The van der Waals surface area contributed by atoms with Crippen LogP contribution in [0.3, 0.4) is 0 Å². The van der Waals surface area contributed by atoms with Gasteiger partial charge in [0.05, 0.1) is 13.2 Å². The first-order valence-corrected chi connectivity index (χ1v) is 8.29. The van der Waals surface area contributed by atoms with Crippen LogP contribution in [0.15, 0.2) is 24.3 Å². The van der Waals surface area contributed by atoms with Crippen molar-refractivity contribution < 1.29 is 9.47 Å². The maximum absolute atomic E-state index is 5.97. The SMILES string of the molecule is N[C@@H]1CCN(Cc2cccc(OCCN3CCOCC3)c2)C1. The molecule has 2 heterocycles. The topological polar surface area (TPSA) is 51.0 Å². The highest BCUT2D eigenvalue weighted by Crippen LogP contribution is 2.17. The number of benzene rings is 1. The molecule has 2 saturated heterocycles. The van der Waals surface area contributed by atoms with Crippen molar-refractivity contribution in [1.82, 2.24) is 9.80 Å². The summed E-state index contributed by atoms with van der Waals surface area (Å²) in [6, 6.07) is 8.78. The van der Waals surface area contributed by atoms with Crippen LogP contribution >= 0.6 is 0 Å². The first-order chi connectivity index (χ1) is 10.8. The third-order valence-electron chi connectivity index (χ3n) is 4.39. The summed E-state index contributed by atoms with van der Waals surface area (Å²) in [4.78, 5) is 4.80. The lowest BCUT2D eigenvalue weighted by Gasteiger charge is -2.26. The van der Waals surface area contributed by atoms with Gasteiger partial charge in [0.2, 0.25) is 0 Å². The highest BCUT2D eigenvalue weighted by molar-refractivity contribution is 5.28. The molecule has 0 unspecified atom stereocenters. The van der Waals surface area contributed by atoms with Crippen molar-refractivity contribution >= 4 is 0 Å². The molecule has 22 heavy (non-hydrogen) atoms. The van der Waals surface area contributed by atoms with E-state index in [-0.39, 0.29) is 0 Å². The van der Waals surface area contributed by atoms with Crippen LogP contribution in [0.2, 0.25) is 0 Å². The Bertz CT molecular complexity index is 463. The van der Waals surface area contributed by atoms with Crippen LogP contribution < -0.4 is 10.5 Å². The summed E-state index contributed by atoms with van der Waals surface area (Å²) in [6.45, 7) is 8.48. The van der Waals surface area contributed by atoms with Crippen molar-refractivity contribution in [3.8, 4) is 5.75 Å². The number of rotatable bonds is 6. The van der Waals surface area contributed by atoms with E-state index in [4.69, 9.17) is 15.2 Å². The molecular formula is C17H27N3O2. The van der Waals surface area contributed by atoms with Gasteiger partial charge in [0.1, 0.15) is 12.4 Å². The Balaban J connectivity index is 1.44. The summed E-state index contributed by atoms with van der Waals surface area (Å²) in [6.07, 6.45) is 1.11. The first-order valence-electron chi connectivity index (χ1n) is 8.29. The molecule has 2 aliphatic heterocycles. The van der Waals surface area contributed by atoms with Crippen molar-refractivity contribution in [2.24, 2.45) is 5.73 Å². The maximum atomic E-state index is 5.97. The number of morpholine rings is 1. The van der Waals surface area contributed by atoms with Gasteiger partial charge in [0, 0.05) is 45.3 Å². The Labute approximate surface area is 133 Å². The number of hydrogen-bond acceptors (Lipinski definition) is 5. The van der Waals surface area contributed by atoms with Gasteiger partial charge in [-0.3, -0.25) is 9.80 Å². The van der Waals surface area contributed by atoms with Crippen molar-refractivity contribution in [2.45, 2.75) is 19.0 Å². The lowest BCUT2D eigenvalue weighted by molar-refractivity contribution is 0.0322. The summed E-state index contributed by atoms with van der Waals surface area (Å²) in [5.41, 5.74) is 7.27. The van der Waals surface area contributed by atoms with E-state index in [0.29, 0.717) is 6.04 Å². The molecule has 0 aliphatic carbocycles. The van der Waals surface area contributed by atoms with E-state index < -0.39 is 0 Å². The summed E-state index contributed by atoms with van der Waals surface area (Å²) < 4.78 is 11.3. The molecule has 2 N–H and O–H groups in total. The Morgan fingerprint density at radius 3 is 2.82 bits per heavy atom. The van der Waals surface area contributed by atoms with Crippen LogP contribution in [0, 0.1) is 0 Å². The average Bonchev–Trinajstić information content (AvgIpc) is 2.94. The highest BCUT2D eigenvalue weighted by atomic mass is 16.5. The average molecular weight is 305 g/mol. The molecular weight excluding hydrogens is 278 g/mol. The van der Waals surface area contributed by atoms with E-state index in [1.165, 1.54) is 5.56 Å². The molecule has 1 aromatic carbocycles. The molecule has 0 bridgehead atoms. The third kappa shape index (κ3) is 4.68. The predicted octanol–water partition coefficient (Wildman–Crippen LogP) is 0.931. The number of hydrogen-bond donors (Lipinski definition) is 1. The molecule has 5 heteroatoms. The molecule has 0 spiro atoms. The van der Waals surface area contributed by atoms with Gasteiger partial charge in [-0.2, -0.15) is 0 Å². The standard InChI is InChI=1S/C17H27N3O2/c18-16-4-5-20(14-16)13-15-2-1-3-17(12-15)22-11-8-19-6-9-21-10-7-19/h1-3,12,16H,4-11,13-14,18H2/t16-/m1/s1. The smallest absolute Gasteiger partial charge is 0.119 e. The summed E-state index contributed by atoms with van der Waals surface area (Å²) in [7, 11) is 0. The monoisotopic (exact) mass is 305 g/mol. The molecule has 0 aromatic heterocycles. The summed E-state index contributed by atoms with van der Waals surface area (Å²) in [5, 5.41) is 0. The zero-order chi connectivity index (χ0) is 15.2. The second-order valence-corrected chi connectivity index (χ2v) is 6.23. The molecule has 5 nitrogen and oxygen atoms in total. The fourth-order valence-electron chi connectivity index (χ4n) is 3.12. The summed E-state index contributed by atoms with van der Waals surface area (Å²) >= 11 is 0. The maximum Gasteiger partial charge on any atom is 0.119 e. The van der Waals surface area contributed by atoms with Gasteiger partial charge in [-0.05, 0) is 24.1 Å². The Morgan fingerprint density at radius 2 is 2.05 bits per heavy atom. The van der Waals surface area contributed by atoms with Crippen molar-refractivity contribution in [3.05, 3.63) is 29.8 Å². The van der Waals surface area contributed by atoms with Gasteiger partial charge in [0.25, 0.3) is 0 Å². The highest BCUT2D eigenvalue weighted by Gasteiger charge is 2.18. The quantitative estimate of drug-likeness (QED) is 0.847. The molecule has 0 radical (unpaired) electrons. The van der Waals surface area contributed by atoms with Gasteiger partial charge < -0.3 is 15.2 Å². The van der Waals surface area contributed by atoms with Crippen LogP contribution in [0.25, 0.3) is 0 Å². The summed E-state index contributed by atoms with van der Waals surface area (Å²) in [5.74, 6) is 0.967. The van der Waals surface area contributed by atoms with E-state index in [1.54, 1.807) is 0 Å². The number of nitrogens with two attached hydrogens (primary N) is 1. The van der Waals surface area contributed by atoms with Gasteiger partial charge in [-0.15, -0.1) is 0 Å². The molecule has 2 fully saturated rings. The van der Waals surface area contributed by atoms with Crippen LogP contribution in [0.1, 0.15) is 12.0 Å². The molecule has 1 aromatic rings. The molecule has 0 saturated carbocycles. The van der Waals surface area contributed by atoms with Crippen LogP contribution in [0.4, 0.5) is 0 Å².